The van der Waals surface area contributed by atoms with Gasteiger partial charge in [0.15, 0.2) is 0 Å². The van der Waals surface area contributed by atoms with Crippen LogP contribution in [0.25, 0.3) is 33.6 Å². The van der Waals surface area contributed by atoms with Crippen LogP contribution in [0.1, 0.15) is 6.92 Å². The molecule has 0 unspecified atom stereocenters. The van der Waals surface area contributed by atoms with Gasteiger partial charge in [0.25, 0.3) is 5.22 Å². The van der Waals surface area contributed by atoms with Crippen molar-refractivity contribution in [2.75, 3.05) is 5.75 Å². The second kappa shape index (κ2) is 6.45. The summed E-state index contributed by atoms with van der Waals surface area (Å²) in [5.74, 6) is 1.43. The fourth-order valence-corrected chi connectivity index (χ4v) is 3.09. The van der Waals surface area contributed by atoms with Gasteiger partial charge in [-0.2, -0.15) is 0 Å². The Hall–Kier alpha value is -2.66. The lowest BCUT2D eigenvalue weighted by molar-refractivity contribution is 0.466. The van der Waals surface area contributed by atoms with Gasteiger partial charge in [0.2, 0.25) is 5.89 Å². The highest BCUT2D eigenvalue weighted by molar-refractivity contribution is 7.99. The van der Waals surface area contributed by atoms with Crippen molar-refractivity contribution in [3.05, 3.63) is 60.7 Å². The van der Waals surface area contributed by atoms with Crippen molar-refractivity contribution in [1.29, 1.82) is 0 Å². The lowest BCUT2D eigenvalue weighted by Gasteiger charge is -2.07. The fourth-order valence-electron chi connectivity index (χ4n) is 2.61. The average Bonchev–Trinajstić information content (AvgIpc) is 3.10. The van der Waals surface area contributed by atoms with Crippen molar-refractivity contribution in [2.45, 2.75) is 12.1 Å². The van der Waals surface area contributed by atoms with Gasteiger partial charge in [0, 0.05) is 10.9 Å². The zero-order valence-corrected chi connectivity index (χ0v) is 14.0. The summed E-state index contributed by atoms with van der Waals surface area (Å²) in [5, 5.41) is 9.94. The number of fused-ring (bicyclic) bond motifs is 1. The van der Waals surface area contributed by atoms with Crippen LogP contribution < -0.4 is 0 Å². The maximum absolute atomic E-state index is 5.82. The highest BCUT2D eigenvalue weighted by Crippen LogP contribution is 2.32. The summed E-state index contributed by atoms with van der Waals surface area (Å²) in [6.45, 7) is 2.06. The van der Waals surface area contributed by atoms with E-state index in [-0.39, 0.29) is 0 Å². The molecule has 4 rings (SSSR count). The van der Waals surface area contributed by atoms with Crippen molar-refractivity contribution in [1.82, 2.24) is 15.2 Å². The molecule has 0 N–H and O–H groups in total. The molecule has 0 aliphatic rings. The molecule has 4 nitrogen and oxygen atoms in total. The Morgan fingerprint density at radius 3 is 2.58 bits per heavy atom. The Bertz CT molecular complexity index is 982. The minimum absolute atomic E-state index is 0.529. The first-order chi connectivity index (χ1) is 11.8. The zero-order chi connectivity index (χ0) is 16.4. The average molecular weight is 333 g/mol. The lowest BCUT2D eigenvalue weighted by atomic mass is 10.0. The summed E-state index contributed by atoms with van der Waals surface area (Å²) in [6, 6.07) is 20.1. The van der Waals surface area contributed by atoms with Gasteiger partial charge >= 0.3 is 0 Å². The Balaban J connectivity index is 1.92. The summed E-state index contributed by atoms with van der Waals surface area (Å²) >= 11 is 1.54. The number of nitrogens with zero attached hydrogens (tertiary/aromatic N) is 3. The van der Waals surface area contributed by atoms with E-state index in [1.54, 1.807) is 11.8 Å². The minimum atomic E-state index is 0.529. The van der Waals surface area contributed by atoms with Crippen molar-refractivity contribution < 1.29 is 4.42 Å². The third-order valence-electron chi connectivity index (χ3n) is 3.69. The van der Waals surface area contributed by atoms with E-state index in [1.807, 2.05) is 60.7 Å². The van der Waals surface area contributed by atoms with Crippen LogP contribution in [0.4, 0.5) is 0 Å². The topological polar surface area (TPSA) is 51.8 Å². The van der Waals surface area contributed by atoms with Gasteiger partial charge in [0.05, 0.1) is 16.8 Å². The number of aromatic nitrogens is 3. The number of rotatable bonds is 4. The van der Waals surface area contributed by atoms with E-state index in [0.717, 1.165) is 33.5 Å². The molecule has 118 valence electrons. The van der Waals surface area contributed by atoms with Crippen LogP contribution in [0.2, 0.25) is 0 Å². The third-order valence-corrected chi connectivity index (χ3v) is 4.39. The van der Waals surface area contributed by atoms with Crippen LogP contribution in [0.15, 0.2) is 70.3 Å². The van der Waals surface area contributed by atoms with Gasteiger partial charge in [-0.1, -0.05) is 67.2 Å². The first-order valence-corrected chi connectivity index (χ1v) is 8.75. The summed E-state index contributed by atoms with van der Waals surface area (Å²) in [4.78, 5) is 4.78. The second-order valence-corrected chi connectivity index (χ2v) is 6.46. The van der Waals surface area contributed by atoms with Crippen molar-refractivity contribution in [2.24, 2.45) is 0 Å². The molecule has 2 aromatic carbocycles. The van der Waals surface area contributed by atoms with E-state index in [2.05, 4.69) is 17.1 Å². The molecule has 24 heavy (non-hydrogen) atoms. The van der Waals surface area contributed by atoms with Gasteiger partial charge in [0.1, 0.15) is 0 Å². The predicted molar refractivity (Wildman–Crippen MR) is 96.9 cm³/mol. The van der Waals surface area contributed by atoms with E-state index in [0.29, 0.717) is 11.1 Å². The number of benzene rings is 2. The van der Waals surface area contributed by atoms with Crippen molar-refractivity contribution in [3.8, 4) is 22.7 Å². The molecule has 0 atom stereocenters. The third kappa shape index (κ3) is 2.78. The standard InChI is InChI=1S/C19H15N3OS/c1-2-24-19-22-21-18(23-19)15-12-17(13-8-4-3-5-9-13)20-16-11-7-6-10-14(15)16/h3-12H,2H2,1H3. The van der Waals surface area contributed by atoms with E-state index >= 15 is 0 Å². The van der Waals surface area contributed by atoms with Crippen LogP contribution in [0.5, 0.6) is 0 Å². The normalized spacial score (nSPS) is 11.0. The molecule has 2 heterocycles. The largest absolute Gasteiger partial charge is 0.411 e. The number of hydrogen-bond donors (Lipinski definition) is 0. The molecule has 0 saturated carbocycles. The van der Waals surface area contributed by atoms with Gasteiger partial charge in [-0.3, -0.25) is 0 Å². The molecular weight excluding hydrogens is 318 g/mol. The van der Waals surface area contributed by atoms with E-state index < -0.39 is 0 Å². The summed E-state index contributed by atoms with van der Waals surface area (Å²) < 4.78 is 5.82. The maximum Gasteiger partial charge on any atom is 0.276 e. The molecule has 0 fully saturated rings. The molecule has 2 aromatic heterocycles. The van der Waals surface area contributed by atoms with Gasteiger partial charge in [-0.15, -0.1) is 10.2 Å². The quantitative estimate of drug-likeness (QED) is 0.488. The molecule has 0 spiro atoms. The zero-order valence-electron chi connectivity index (χ0n) is 13.1. The highest BCUT2D eigenvalue weighted by Gasteiger charge is 2.14. The van der Waals surface area contributed by atoms with Gasteiger partial charge in [-0.05, 0) is 17.9 Å². The molecule has 4 aromatic rings. The molecule has 0 bridgehead atoms. The monoisotopic (exact) mass is 333 g/mol. The molecular formula is C19H15N3OS. The first-order valence-electron chi connectivity index (χ1n) is 7.77. The number of para-hydroxylation sites is 1. The Morgan fingerprint density at radius 1 is 0.958 bits per heavy atom. The van der Waals surface area contributed by atoms with E-state index in [4.69, 9.17) is 9.40 Å². The first kappa shape index (κ1) is 14.9. The predicted octanol–water partition coefficient (Wildman–Crippen LogP) is 5.06. The van der Waals surface area contributed by atoms with E-state index in [1.165, 1.54) is 0 Å². The number of hydrogen-bond acceptors (Lipinski definition) is 5. The molecule has 0 aliphatic carbocycles. The van der Waals surface area contributed by atoms with Crippen LogP contribution in [0.3, 0.4) is 0 Å². The highest BCUT2D eigenvalue weighted by atomic mass is 32.2. The van der Waals surface area contributed by atoms with Gasteiger partial charge < -0.3 is 4.42 Å². The molecule has 0 radical (unpaired) electrons. The van der Waals surface area contributed by atoms with Crippen molar-refractivity contribution >= 4 is 22.7 Å². The number of pyridine rings is 1. The summed E-state index contributed by atoms with van der Waals surface area (Å²) in [7, 11) is 0. The number of thioether (sulfide) groups is 1. The van der Waals surface area contributed by atoms with E-state index in [9.17, 15) is 0 Å². The molecule has 0 aliphatic heterocycles. The minimum Gasteiger partial charge on any atom is -0.411 e. The molecule has 0 saturated heterocycles. The van der Waals surface area contributed by atoms with Crippen LogP contribution in [0, 0.1) is 0 Å². The summed E-state index contributed by atoms with van der Waals surface area (Å²) in [5.41, 5.74) is 3.78. The molecule has 5 heteroatoms. The lowest BCUT2D eigenvalue weighted by Crippen LogP contribution is -1.89. The Kier molecular flexibility index (Phi) is 4.01. The van der Waals surface area contributed by atoms with Crippen molar-refractivity contribution in [3.63, 3.8) is 0 Å². The van der Waals surface area contributed by atoms with Crippen LogP contribution in [-0.2, 0) is 0 Å². The van der Waals surface area contributed by atoms with Gasteiger partial charge in [-0.25, -0.2) is 4.98 Å². The smallest absolute Gasteiger partial charge is 0.276 e. The Morgan fingerprint density at radius 2 is 1.75 bits per heavy atom. The SMILES string of the molecule is CCSc1nnc(-c2cc(-c3ccccc3)nc3ccccc23)o1. The van der Waals surface area contributed by atoms with Crippen LogP contribution >= 0.6 is 11.8 Å². The Labute approximate surface area is 144 Å². The second-order valence-electron chi connectivity index (χ2n) is 5.24. The fraction of sp³-hybridized carbons (Fsp3) is 0.105. The maximum atomic E-state index is 5.82. The molecule has 0 amide bonds. The van der Waals surface area contributed by atoms with Crippen LogP contribution in [-0.4, -0.2) is 20.9 Å². The summed E-state index contributed by atoms with van der Waals surface area (Å²) in [6.07, 6.45) is 0.